The molecule has 5 heteroatoms. The molecule has 0 aromatic rings. The number of rotatable bonds is 4. The first-order valence-corrected chi connectivity index (χ1v) is 4.72. The summed E-state index contributed by atoms with van der Waals surface area (Å²) < 4.78 is 0. The van der Waals surface area contributed by atoms with Crippen LogP contribution >= 0.6 is 12.6 Å². The van der Waals surface area contributed by atoms with Crippen LogP contribution in [0.15, 0.2) is 0 Å². The van der Waals surface area contributed by atoms with E-state index in [2.05, 4.69) is 17.9 Å². The van der Waals surface area contributed by atoms with Gasteiger partial charge in [-0.25, -0.2) is 0 Å². The van der Waals surface area contributed by atoms with E-state index in [4.69, 9.17) is 0 Å². The van der Waals surface area contributed by atoms with Gasteiger partial charge >= 0.3 is 0 Å². The lowest BCUT2D eigenvalue weighted by Gasteiger charge is -2.21. The first kappa shape index (κ1) is 12.3. The molecule has 0 aromatic heterocycles. The molecule has 76 valence electrons. The summed E-state index contributed by atoms with van der Waals surface area (Å²) in [6.45, 7) is 4.16. The minimum Gasteiger partial charge on any atom is -0.358 e. The van der Waals surface area contributed by atoms with Crippen LogP contribution in [0.2, 0.25) is 0 Å². The Labute approximate surface area is 84.1 Å². The van der Waals surface area contributed by atoms with Crippen LogP contribution in [0.3, 0.4) is 0 Å². The summed E-state index contributed by atoms with van der Waals surface area (Å²) in [7, 11) is 1.55. The zero-order valence-corrected chi connectivity index (χ0v) is 9.10. The van der Waals surface area contributed by atoms with Crippen molar-refractivity contribution in [3.8, 4) is 0 Å². The summed E-state index contributed by atoms with van der Waals surface area (Å²) in [6, 6.07) is 0. The summed E-state index contributed by atoms with van der Waals surface area (Å²) in [4.78, 5) is 23.8. The lowest BCUT2D eigenvalue weighted by molar-refractivity contribution is -0.135. The third-order valence-corrected chi connectivity index (χ3v) is 1.88. The van der Waals surface area contributed by atoms with Gasteiger partial charge in [-0.3, -0.25) is 9.59 Å². The van der Waals surface area contributed by atoms with E-state index < -0.39 is 0 Å². The maximum atomic E-state index is 11.4. The Kier molecular flexibility index (Phi) is 5.53. The Balaban J connectivity index is 4.18. The van der Waals surface area contributed by atoms with Crippen molar-refractivity contribution >= 4 is 24.4 Å². The number of hydrogen-bond donors (Lipinski definition) is 2. The van der Waals surface area contributed by atoms with Crippen LogP contribution in [0, 0.1) is 0 Å². The van der Waals surface area contributed by atoms with Crippen LogP contribution in [0.25, 0.3) is 0 Å². The zero-order valence-electron chi connectivity index (χ0n) is 8.20. The second-order valence-corrected chi connectivity index (χ2v) is 3.48. The van der Waals surface area contributed by atoms with Gasteiger partial charge in [0.15, 0.2) is 0 Å². The summed E-state index contributed by atoms with van der Waals surface area (Å²) in [5.74, 6) is -0.279. The molecular formula is C8H16N2O2S. The first-order valence-electron chi connectivity index (χ1n) is 4.20. The van der Waals surface area contributed by atoms with E-state index in [9.17, 15) is 9.59 Å². The Morgan fingerprint density at radius 2 is 2.08 bits per heavy atom. The number of carbonyl (C=O) groups excluding carboxylic acids is 2. The van der Waals surface area contributed by atoms with Crippen molar-refractivity contribution in [3.05, 3.63) is 0 Å². The average molecular weight is 204 g/mol. The number of amides is 2. The molecule has 1 unspecified atom stereocenters. The van der Waals surface area contributed by atoms with Gasteiger partial charge in [0.2, 0.25) is 11.8 Å². The van der Waals surface area contributed by atoms with Crippen molar-refractivity contribution in [2.45, 2.75) is 19.1 Å². The predicted octanol–water partition coefficient (Wildman–Crippen LogP) is -0.101. The van der Waals surface area contributed by atoms with Gasteiger partial charge < -0.3 is 10.2 Å². The van der Waals surface area contributed by atoms with E-state index in [1.54, 1.807) is 14.0 Å². The maximum absolute atomic E-state index is 11.4. The number of nitrogens with one attached hydrogen (secondary N) is 1. The monoisotopic (exact) mass is 204 g/mol. The second-order valence-electron chi connectivity index (χ2n) is 2.70. The highest BCUT2D eigenvalue weighted by molar-refractivity contribution is 7.81. The zero-order chi connectivity index (χ0) is 10.4. The Hall–Kier alpha value is -0.710. The highest BCUT2D eigenvalue weighted by Crippen LogP contribution is 2.00. The predicted molar refractivity (Wildman–Crippen MR) is 54.8 cm³/mol. The van der Waals surface area contributed by atoms with Crippen molar-refractivity contribution in [2.24, 2.45) is 0 Å². The Morgan fingerprint density at radius 1 is 1.54 bits per heavy atom. The van der Waals surface area contributed by atoms with Crippen LogP contribution in [0.5, 0.6) is 0 Å². The Bertz CT molecular complexity index is 195. The SMILES string of the molecule is CCN(CC(=O)NC)C(=O)C(C)S. The van der Waals surface area contributed by atoms with Crippen molar-refractivity contribution in [3.63, 3.8) is 0 Å². The molecule has 1 N–H and O–H groups in total. The minimum absolute atomic E-state index is 0.108. The standard InChI is InChI=1S/C8H16N2O2S/c1-4-10(5-7(11)9-3)8(12)6(2)13/h6,13H,4-5H2,1-3H3,(H,9,11). The molecule has 0 aromatic carbocycles. The summed E-state index contributed by atoms with van der Waals surface area (Å²) >= 11 is 4.02. The molecular weight excluding hydrogens is 188 g/mol. The smallest absolute Gasteiger partial charge is 0.239 e. The highest BCUT2D eigenvalue weighted by Gasteiger charge is 2.17. The molecule has 0 bridgehead atoms. The normalized spacial score (nSPS) is 12.0. The molecule has 0 radical (unpaired) electrons. The van der Waals surface area contributed by atoms with E-state index in [1.807, 2.05) is 6.92 Å². The molecule has 4 nitrogen and oxygen atoms in total. The summed E-state index contributed by atoms with van der Waals surface area (Å²) in [5.41, 5.74) is 0. The highest BCUT2D eigenvalue weighted by atomic mass is 32.1. The summed E-state index contributed by atoms with van der Waals surface area (Å²) in [6.07, 6.45) is 0. The van der Waals surface area contributed by atoms with Crippen molar-refractivity contribution in [2.75, 3.05) is 20.1 Å². The fourth-order valence-electron chi connectivity index (χ4n) is 0.862. The number of likely N-dealkylation sites (N-methyl/N-ethyl adjacent to an activating group) is 2. The molecule has 0 aliphatic rings. The molecule has 13 heavy (non-hydrogen) atoms. The van der Waals surface area contributed by atoms with Crippen molar-refractivity contribution < 1.29 is 9.59 Å². The van der Waals surface area contributed by atoms with Gasteiger partial charge in [0.25, 0.3) is 0 Å². The molecule has 0 fully saturated rings. The Morgan fingerprint density at radius 3 is 2.38 bits per heavy atom. The molecule has 0 aliphatic carbocycles. The molecule has 0 saturated heterocycles. The van der Waals surface area contributed by atoms with E-state index in [1.165, 1.54) is 4.90 Å². The minimum atomic E-state index is -0.357. The van der Waals surface area contributed by atoms with Crippen LogP contribution in [0.4, 0.5) is 0 Å². The lowest BCUT2D eigenvalue weighted by atomic mass is 10.3. The average Bonchev–Trinajstić information content (AvgIpc) is 2.12. The molecule has 0 saturated carbocycles. The van der Waals surface area contributed by atoms with E-state index >= 15 is 0 Å². The topological polar surface area (TPSA) is 49.4 Å². The molecule has 2 amide bonds. The third kappa shape index (κ3) is 4.17. The molecule has 0 spiro atoms. The van der Waals surface area contributed by atoms with Gasteiger partial charge in [-0.15, -0.1) is 0 Å². The number of nitrogens with zero attached hydrogens (tertiary/aromatic N) is 1. The van der Waals surface area contributed by atoms with Gasteiger partial charge in [0.05, 0.1) is 11.8 Å². The number of thiol groups is 1. The van der Waals surface area contributed by atoms with E-state index in [-0.39, 0.29) is 23.6 Å². The molecule has 0 aliphatic heterocycles. The number of carbonyl (C=O) groups is 2. The van der Waals surface area contributed by atoms with Crippen LogP contribution in [0.1, 0.15) is 13.8 Å². The van der Waals surface area contributed by atoms with Crippen LogP contribution in [-0.4, -0.2) is 42.1 Å². The fourth-order valence-corrected chi connectivity index (χ4v) is 1.03. The molecule has 1 atom stereocenters. The van der Waals surface area contributed by atoms with Gasteiger partial charge in [-0.1, -0.05) is 0 Å². The summed E-state index contributed by atoms with van der Waals surface area (Å²) in [5, 5.41) is 2.11. The van der Waals surface area contributed by atoms with Crippen molar-refractivity contribution in [1.82, 2.24) is 10.2 Å². The molecule has 0 rings (SSSR count). The second kappa shape index (κ2) is 5.85. The lowest BCUT2D eigenvalue weighted by Crippen LogP contribution is -2.42. The van der Waals surface area contributed by atoms with Gasteiger partial charge in [0, 0.05) is 13.6 Å². The van der Waals surface area contributed by atoms with Gasteiger partial charge in [-0.05, 0) is 13.8 Å². The molecule has 0 heterocycles. The largest absolute Gasteiger partial charge is 0.358 e. The van der Waals surface area contributed by atoms with Crippen LogP contribution < -0.4 is 5.32 Å². The maximum Gasteiger partial charge on any atom is 0.239 e. The fraction of sp³-hybridized carbons (Fsp3) is 0.750. The number of hydrogen-bond acceptors (Lipinski definition) is 3. The third-order valence-electron chi connectivity index (χ3n) is 1.66. The van der Waals surface area contributed by atoms with E-state index in [0.29, 0.717) is 6.54 Å². The van der Waals surface area contributed by atoms with E-state index in [0.717, 1.165) is 0 Å². The first-order chi connectivity index (χ1) is 6.02. The van der Waals surface area contributed by atoms with Crippen LogP contribution in [-0.2, 0) is 9.59 Å². The van der Waals surface area contributed by atoms with Gasteiger partial charge in [0.1, 0.15) is 0 Å². The van der Waals surface area contributed by atoms with Crippen molar-refractivity contribution in [1.29, 1.82) is 0 Å². The van der Waals surface area contributed by atoms with Gasteiger partial charge in [-0.2, -0.15) is 12.6 Å². The quantitative estimate of drug-likeness (QED) is 0.628.